The van der Waals surface area contributed by atoms with Crippen molar-refractivity contribution in [3.8, 4) is 0 Å². The SMILES string of the molecule is CCCn1nncc1C(NCC)C1(CC)CCCC1. The molecule has 19 heavy (non-hydrogen) atoms. The van der Waals surface area contributed by atoms with Gasteiger partial charge in [0.25, 0.3) is 0 Å². The molecule has 1 fully saturated rings. The number of aromatic nitrogens is 3. The maximum atomic E-state index is 4.27. The van der Waals surface area contributed by atoms with E-state index in [-0.39, 0.29) is 0 Å². The summed E-state index contributed by atoms with van der Waals surface area (Å²) in [5, 5.41) is 12.1. The first-order chi connectivity index (χ1) is 9.27. The van der Waals surface area contributed by atoms with E-state index >= 15 is 0 Å². The van der Waals surface area contributed by atoms with E-state index in [4.69, 9.17) is 0 Å². The number of hydrogen-bond acceptors (Lipinski definition) is 3. The zero-order chi connectivity index (χ0) is 13.7. The fourth-order valence-corrected chi connectivity index (χ4v) is 3.64. The summed E-state index contributed by atoms with van der Waals surface area (Å²) in [6.07, 6.45) is 9.71. The predicted molar refractivity (Wildman–Crippen MR) is 77.9 cm³/mol. The van der Waals surface area contributed by atoms with E-state index in [9.17, 15) is 0 Å². The van der Waals surface area contributed by atoms with Gasteiger partial charge in [-0.3, -0.25) is 0 Å². The van der Waals surface area contributed by atoms with Crippen molar-refractivity contribution in [3.05, 3.63) is 11.9 Å². The van der Waals surface area contributed by atoms with Crippen molar-refractivity contribution in [1.29, 1.82) is 0 Å². The van der Waals surface area contributed by atoms with E-state index in [0.717, 1.165) is 19.5 Å². The maximum Gasteiger partial charge on any atom is 0.0762 e. The second kappa shape index (κ2) is 6.51. The van der Waals surface area contributed by atoms with E-state index in [1.54, 1.807) is 0 Å². The molecule has 108 valence electrons. The fraction of sp³-hybridized carbons (Fsp3) is 0.867. The molecule has 1 heterocycles. The van der Waals surface area contributed by atoms with E-state index in [0.29, 0.717) is 11.5 Å². The molecule has 1 aliphatic rings. The standard InChI is InChI=1S/C15H28N4/c1-4-11-19-13(12-17-18-19)14(16-6-3)15(5-2)9-7-8-10-15/h12,14,16H,4-11H2,1-3H3. The highest BCUT2D eigenvalue weighted by Crippen LogP contribution is 2.49. The lowest BCUT2D eigenvalue weighted by Crippen LogP contribution is -2.37. The summed E-state index contributed by atoms with van der Waals surface area (Å²) in [5.41, 5.74) is 1.69. The normalized spacial score (nSPS) is 19.7. The number of hydrogen-bond donors (Lipinski definition) is 1. The summed E-state index contributed by atoms with van der Waals surface area (Å²) in [6, 6.07) is 0.409. The van der Waals surface area contributed by atoms with Crippen molar-refractivity contribution in [2.24, 2.45) is 5.41 Å². The van der Waals surface area contributed by atoms with Crippen LogP contribution >= 0.6 is 0 Å². The zero-order valence-corrected chi connectivity index (χ0v) is 12.7. The van der Waals surface area contributed by atoms with Crippen LogP contribution in [0, 0.1) is 5.41 Å². The molecule has 0 saturated heterocycles. The lowest BCUT2D eigenvalue weighted by Gasteiger charge is -2.37. The van der Waals surface area contributed by atoms with Crippen molar-refractivity contribution < 1.29 is 0 Å². The third kappa shape index (κ3) is 2.83. The summed E-state index contributed by atoms with van der Waals surface area (Å²) >= 11 is 0. The van der Waals surface area contributed by atoms with Gasteiger partial charge in [-0.25, -0.2) is 4.68 Å². The molecule has 4 heteroatoms. The van der Waals surface area contributed by atoms with Gasteiger partial charge in [0.2, 0.25) is 0 Å². The van der Waals surface area contributed by atoms with E-state index in [2.05, 4.69) is 41.1 Å². The molecule has 4 nitrogen and oxygen atoms in total. The van der Waals surface area contributed by atoms with E-state index < -0.39 is 0 Å². The fourth-order valence-electron chi connectivity index (χ4n) is 3.64. The predicted octanol–water partition coefficient (Wildman–Crippen LogP) is 3.31. The van der Waals surface area contributed by atoms with Crippen LogP contribution in [0.15, 0.2) is 6.20 Å². The molecular weight excluding hydrogens is 236 g/mol. The average Bonchev–Trinajstić information content (AvgIpc) is 3.06. The van der Waals surface area contributed by atoms with Gasteiger partial charge in [-0.05, 0) is 37.6 Å². The molecule has 1 aliphatic carbocycles. The molecule has 1 aromatic heterocycles. The Hall–Kier alpha value is -0.900. The Bertz CT molecular complexity index is 379. The van der Waals surface area contributed by atoms with Crippen LogP contribution in [-0.4, -0.2) is 21.5 Å². The first-order valence-electron chi connectivity index (χ1n) is 7.89. The second-order valence-electron chi connectivity index (χ2n) is 5.80. The van der Waals surface area contributed by atoms with Gasteiger partial charge in [0, 0.05) is 6.54 Å². The van der Waals surface area contributed by atoms with E-state index in [1.807, 2.05) is 6.20 Å². The van der Waals surface area contributed by atoms with Crippen molar-refractivity contribution in [1.82, 2.24) is 20.3 Å². The van der Waals surface area contributed by atoms with Gasteiger partial charge in [0.1, 0.15) is 0 Å². The Morgan fingerprint density at radius 2 is 2.05 bits per heavy atom. The molecule has 0 aromatic carbocycles. The molecule has 0 aliphatic heterocycles. The molecule has 0 spiro atoms. The van der Waals surface area contributed by atoms with Crippen molar-refractivity contribution >= 4 is 0 Å². The largest absolute Gasteiger partial charge is 0.308 e. The highest BCUT2D eigenvalue weighted by atomic mass is 15.4. The molecule has 1 N–H and O–H groups in total. The van der Waals surface area contributed by atoms with Gasteiger partial charge < -0.3 is 5.32 Å². The van der Waals surface area contributed by atoms with Gasteiger partial charge in [-0.2, -0.15) is 0 Å². The third-order valence-electron chi connectivity index (χ3n) is 4.70. The molecule has 1 saturated carbocycles. The summed E-state index contributed by atoms with van der Waals surface area (Å²) in [5.74, 6) is 0. The molecule has 0 bridgehead atoms. The molecule has 1 aromatic rings. The minimum atomic E-state index is 0.406. The molecule has 0 amide bonds. The minimum absolute atomic E-state index is 0.406. The summed E-state index contributed by atoms with van der Waals surface area (Å²) in [4.78, 5) is 0. The number of nitrogens with one attached hydrogen (secondary N) is 1. The van der Waals surface area contributed by atoms with Crippen LogP contribution in [0.3, 0.4) is 0 Å². The van der Waals surface area contributed by atoms with Crippen LogP contribution in [0.1, 0.15) is 71.0 Å². The van der Waals surface area contributed by atoms with E-state index in [1.165, 1.54) is 37.8 Å². The first kappa shape index (κ1) is 14.5. The minimum Gasteiger partial charge on any atom is -0.308 e. The monoisotopic (exact) mass is 264 g/mol. The summed E-state index contributed by atoms with van der Waals surface area (Å²) < 4.78 is 2.10. The second-order valence-corrected chi connectivity index (χ2v) is 5.80. The number of rotatable bonds is 7. The highest BCUT2D eigenvalue weighted by Gasteiger charge is 2.41. The number of aryl methyl sites for hydroxylation is 1. The first-order valence-corrected chi connectivity index (χ1v) is 7.89. The maximum absolute atomic E-state index is 4.27. The van der Waals surface area contributed by atoms with Crippen molar-refractivity contribution in [3.63, 3.8) is 0 Å². The smallest absolute Gasteiger partial charge is 0.0762 e. The molecule has 2 rings (SSSR count). The van der Waals surface area contributed by atoms with Gasteiger partial charge in [0.05, 0.1) is 17.9 Å². The third-order valence-corrected chi connectivity index (χ3v) is 4.70. The summed E-state index contributed by atoms with van der Waals surface area (Å²) in [6.45, 7) is 8.70. The van der Waals surface area contributed by atoms with Crippen LogP contribution in [-0.2, 0) is 6.54 Å². The molecule has 1 unspecified atom stereocenters. The van der Waals surface area contributed by atoms with Crippen LogP contribution in [0.2, 0.25) is 0 Å². The van der Waals surface area contributed by atoms with Crippen molar-refractivity contribution in [2.75, 3.05) is 6.54 Å². The van der Waals surface area contributed by atoms with Gasteiger partial charge in [-0.1, -0.05) is 38.8 Å². The Morgan fingerprint density at radius 1 is 1.32 bits per heavy atom. The topological polar surface area (TPSA) is 42.7 Å². The summed E-state index contributed by atoms with van der Waals surface area (Å²) in [7, 11) is 0. The Kier molecular flexibility index (Phi) is 4.97. The van der Waals surface area contributed by atoms with Gasteiger partial charge >= 0.3 is 0 Å². The van der Waals surface area contributed by atoms with Crippen LogP contribution in [0.25, 0.3) is 0 Å². The van der Waals surface area contributed by atoms with Crippen molar-refractivity contribution in [2.45, 2.75) is 71.9 Å². The molecule has 0 radical (unpaired) electrons. The van der Waals surface area contributed by atoms with Crippen LogP contribution in [0.4, 0.5) is 0 Å². The number of nitrogens with zero attached hydrogens (tertiary/aromatic N) is 3. The lowest BCUT2D eigenvalue weighted by atomic mass is 9.75. The Labute approximate surface area is 117 Å². The average molecular weight is 264 g/mol. The highest BCUT2D eigenvalue weighted by molar-refractivity contribution is 5.10. The lowest BCUT2D eigenvalue weighted by molar-refractivity contribution is 0.180. The van der Waals surface area contributed by atoms with Gasteiger partial charge in [0.15, 0.2) is 0 Å². The molecular formula is C15H28N4. The van der Waals surface area contributed by atoms with Crippen LogP contribution < -0.4 is 5.32 Å². The van der Waals surface area contributed by atoms with Crippen LogP contribution in [0.5, 0.6) is 0 Å². The Morgan fingerprint density at radius 3 is 2.63 bits per heavy atom. The zero-order valence-electron chi connectivity index (χ0n) is 12.7. The Balaban J connectivity index is 2.30. The molecule has 1 atom stereocenters. The quantitative estimate of drug-likeness (QED) is 0.821. The van der Waals surface area contributed by atoms with Gasteiger partial charge in [-0.15, -0.1) is 5.10 Å².